The Morgan fingerprint density at radius 3 is 2.67 bits per heavy atom. The highest BCUT2D eigenvalue weighted by molar-refractivity contribution is 5.82. The van der Waals surface area contributed by atoms with Gasteiger partial charge in [0, 0.05) is 38.4 Å². The fourth-order valence-electron chi connectivity index (χ4n) is 5.60. The van der Waals surface area contributed by atoms with Gasteiger partial charge in [0.1, 0.15) is 0 Å². The summed E-state index contributed by atoms with van der Waals surface area (Å²) in [5, 5.41) is 3.28. The summed E-state index contributed by atoms with van der Waals surface area (Å²) in [6.07, 6.45) is -0.421. The van der Waals surface area contributed by atoms with Crippen molar-refractivity contribution < 1.29 is 27.5 Å². The number of hydrogen-bond acceptors (Lipinski definition) is 5. The summed E-state index contributed by atoms with van der Waals surface area (Å²) in [6, 6.07) is 11.4. The molecule has 5 rings (SSSR count). The summed E-state index contributed by atoms with van der Waals surface area (Å²) < 4.78 is 46.1. The van der Waals surface area contributed by atoms with Gasteiger partial charge in [-0.15, -0.1) is 0 Å². The van der Waals surface area contributed by atoms with Crippen LogP contribution in [0, 0.1) is 17.8 Å². The van der Waals surface area contributed by atoms with Crippen LogP contribution in [0.3, 0.4) is 0 Å². The molecule has 0 saturated heterocycles. The number of anilines is 1. The van der Waals surface area contributed by atoms with Crippen LogP contribution in [0.4, 0.5) is 18.9 Å². The van der Waals surface area contributed by atoms with Gasteiger partial charge in [0.05, 0.1) is 24.6 Å². The number of amides is 1. The normalized spacial score (nSPS) is 20.7. The Balaban J connectivity index is 1.28. The average Bonchev–Trinajstić information content (AvgIpc) is 3.84. The molecule has 0 spiro atoms. The molecule has 0 radical (unpaired) electrons. The van der Waals surface area contributed by atoms with E-state index < -0.39 is 11.7 Å². The van der Waals surface area contributed by atoms with Crippen molar-refractivity contribution in [1.82, 2.24) is 9.80 Å². The molecule has 2 aromatic rings. The Morgan fingerprint density at radius 1 is 1.13 bits per heavy atom. The number of fused-ring (bicyclic) bond motifs is 1. The van der Waals surface area contributed by atoms with Crippen molar-refractivity contribution in [1.29, 1.82) is 0 Å². The van der Waals surface area contributed by atoms with Gasteiger partial charge in [-0.2, -0.15) is 13.2 Å². The first kappa shape index (κ1) is 27.5. The maximum Gasteiger partial charge on any atom is 0.416 e. The van der Waals surface area contributed by atoms with Gasteiger partial charge in [0.25, 0.3) is 0 Å². The number of esters is 1. The maximum atomic E-state index is 13.7. The molecule has 2 atom stereocenters. The average molecular weight is 544 g/mol. The molecule has 2 aliphatic carbocycles. The zero-order chi connectivity index (χ0) is 27.6. The number of alkyl halides is 3. The molecule has 6 nitrogen and oxygen atoms in total. The molecule has 210 valence electrons. The quantitative estimate of drug-likeness (QED) is 0.399. The molecule has 39 heavy (non-hydrogen) atoms. The molecule has 1 aliphatic heterocycles. The predicted octanol–water partition coefficient (Wildman–Crippen LogP) is 5.11. The predicted molar refractivity (Wildman–Crippen MR) is 142 cm³/mol. The standard InChI is InChI=1S/C30H36F3N3O3/c1-2-39-29(38)25-14-23(25)19-36(18-22-6-3-4-8-26(22)30(31,32)33)28(37)15-34-27-9-5-7-21-17-35(13-12-24(21)27)16-20-10-11-20/h3-9,20,23,25,34H,2,10-19H2,1H3. The molecule has 1 heterocycles. The van der Waals surface area contributed by atoms with Crippen molar-refractivity contribution in [2.45, 2.75) is 51.9 Å². The Bertz CT molecular complexity index is 1200. The zero-order valence-corrected chi connectivity index (χ0v) is 22.3. The lowest BCUT2D eigenvalue weighted by Crippen LogP contribution is -2.38. The fourth-order valence-corrected chi connectivity index (χ4v) is 5.60. The molecule has 2 fully saturated rings. The smallest absolute Gasteiger partial charge is 0.416 e. The van der Waals surface area contributed by atoms with Crippen molar-refractivity contribution in [3.05, 3.63) is 64.7 Å². The van der Waals surface area contributed by atoms with Crippen LogP contribution in [0.25, 0.3) is 0 Å². The minimum Gasteiger partial charge on any atom is -0.466 e. The van der Waals surface area contributed by atoms with E-state index in [9.17, 15) is 22.8 Å². The second-order valence-corrected chi connectivity index (χ2v) is 11.0. The summed E-state index contributed by atoms with van der Waals surface area (Å²) in [5.41, 5.74) is 2.65. The Morgan fingerprint density at radius 2 is 1.92 bits per heavy atom. The molecule has 3 aliphatic rings. The molecular formula is C30H36F3N3O3. The summed E-state index contributed by atoms with van der Waals surface area (Å²) in [4.78, 5) is 29.6. The molecule has 0 bridgehead atoms. The highest BCUT2D eigenvalue weighted by Crippen LogP contribution is 2.41. The van der Waals surface area contributed by atoms with Gasteiger partial charge in [0.15, 0.2) is 0 Å². The van der Waals surface area contributed by atoms with Crippen molar-refractivity contribution in [2.24, 2.45) is 17.8 Å². The minimum absolute atomic E-state index is 0.0345. The van der Waals surface area contributed by atoms with Crippen LogP contribution in [-0.2, 0) is 40.0 Å². The van der Waals surface area contributed by atoms with E-state index in [1.165, 1.54) is 41.0 Å². The third-order valence-electron chi connectivity index (χ3n) is 7.99. The third kappa shape index (κ3) is 6.93. The lowest BCUT2D eigenvalue weighted by Gasteiger charge is -2.30. The molecule has 1 amide bonds. The van der Waals surface area contributed by atoms with Crippen molar-refractivity contribution >= 4 is 17.6 Å². The van der Waals surface area contributed by atoms with Gasteiger partial charge in [-0.05, 0) is 73.3 Å². The first-order valence-electron chi connectivity index (χ1n) is 13.9. The van der Waals surface area contributed by atoms with Gasteiger partial charge < -0.3 is 15.0 Å². The molecular weight excluding hydrogens is 507 g/mol. The zero-order valence-electron chi connectivity index (χ0n) is 22.3. The van der Waals surface area contributed by atoms with E-state index in [2.05, 4.69) is 16.3 Å². The van der Waals surface area contributed by atoms with Crippen LogP contribution in [0.15, 0.2) is 42.5 Å². The minimum atomic E-state index is -4.52. The highest BCUT2D eigenvalue weighted by atomic mass is 19.4. The van der Waals surface area contributed by atoms with Crippen molar-refractivity contribution in [2.75, 3.05) is 38.1 Å². The second kappa shape index (κ2) is 11.6. The van der Waals surface area contributed by atoms with Gasteiger partial charge >= 0.3 is 12.1 Å². The van der Waals surface area contributed by atoms with Crippen molar-refractivity contribution in [3.8, 4) is 0 Å². The molecule has 2 unspecified atom stereocenters. The SMILES string of the molecule is CCOC(=O)C1CC1CN(Cc1ccccc1C(F)(F)F)C(=O)CNc1cccc2c1CCN(CC1CC1)C2. The summed E-state index contributed by atoms with van der Waals surface area (Å²) in [5.74, 6) is -0.215. The van der Waals surface area contributed by atoms with Crippen LogP contribution in [0.5, 0.6) is 0 Å². The third-order valence-corrected chi connectivity index (χ3v) is 7.99. The van der Waals surface area contributed by atoms with Crippen LogP contribution < -0.4 is 5.32 Å². The summed E-state index contributed by atoms with van der Waals surface area (Å²) in [6.45, 7) is 5.01. The largest absolute Gasteiger partial charge is 0.466 e. The number of carbonyl (C=O) groups excluding carboxylic acids is 2. The number of hydrogen-bond donors (Lipinski definition) is 1. The van der Waals surface area contributed by atoms with Gasteiger partial charge in [-0.25, -0.2) is 0 Å². The lowest BCUT2D eigenvalue weighted by atomic mass is 9.97. The Labute approximate surface area is 227 Å². The molecule has 2 saturated carbocycles. The van der Waals surface area contributed by atoms with E-state index in [1.54, 1.807) is 13.0 Å². The molecule has 2 aromatic carbocycles. The van der Waals surface area contributed by atoms with E-state index in [-0.39, 0.29) is 55.5 Å². The first-order chi connectivity index (χ1) is 18.7. The topological polar surface area (TPSA) is 61.9 Å². The number of halogens is 3. The van der Waals surface area contributed by atoms with Crippen molar-refractivity contribution in [3.63, 3.8) is 0 Å². The second-order valence-electron chi connectivity index (χ2n) is 11.0. The van der Waals surface area contributed by atoms with Gasteiger partial charge in [0.2, 0.25) is 5.91 Å². The number of nitrogens with zero attached hydrogens (tertiary/aromatic N) is 2. The maximum absolute atomic E-state index is 13.7. The van der Waals surface area contributed by atoms with E-state index >= 15 is 0 Å². The Hall–Kier alpha value is -3.07. The number of benzene rings is 2. The van der Waals surface area contributed by atoms with Gasteiger partial charge in [-0.3, -0.25) is 14.5 Å². The lowest BCUT2D eigenvalue weighted by molar-refractivity contribution is -0.145. The monoisotopic (exact) mass is 543 g/mol. The number of ether oxygens (including phenoxy) is 1. The first-order valence-corrected chi connectivity index (χ1v) is 13.9. The van der Waals surface area contributed by atoms with Gasteiger partial charge in [-0.1, -0.05) is 30.3 Å². The summed E-state index contributed by atoms with van der Waals surface area (Å²) in [7, 11) is 0. The van der Waals surface area contributed by atoms with Crippen LogP contribution in [0.1, 0.15) is 48.4 Å². The molecule has 9 heteroatoms. The number of nitrogens with one attached hydrogen (secondary N) is 1. The Kier molecular flexibility index (Phi) is 8.16. The van der Waals surface area contributed by atoms with Crippen LogP contribution in [0.2, 0.25) is 0 Å². The van der Waals surface area contributed by atoms with Crippen LogP contribution >= 0.6 is 0 Å². The van der Waals surface area contributed by atoms with E-state index in [4.69, 9.17) is 4.74 Å². The molecule has 1 N–H and O–H groups in total. The molecule has 0 aromatic heterocycles. The van der Waals surface area contributed by atoms with E-state index in [1.807, 2.05) is 12.1 Å². The fraction of sp³-hybridized carbons (Fsp3) is 0.533. The summed E-state index contributed by atoms with van der Waals surface area (Å²) >= 11 is 0. The highest BCUT2D eigenvalue weighted by Gasteiger charge is 2.45. The van der Waals surface area contributed by atoms with E-state index in [0.29, 0.717) is 6.42 Å². The van der Waals surface area contributed by atoms with E-state index in [0.717, 1.165) is 43.7 Å². The number of rotatable bonds is 11. The van der Waals surface area contributed by atoms with Crippen LogP contribution in [-0.4, -0.2) is 54.5 Å². The number of carbonyl (C=O) groups is 2.